The topological polar surface area (TPSA) is 54.0 Å². The van der Waals surface area contributed by atoms with Gasteiger partial charge in [-0.05, 0) is 36.1 Å². The molecule has 1 heterocycles. The highest BCUT2D eigenvalue weighted by molar-refractivity contribution is 5.74. The van der Waals surface area contributed by atoms with Gasteiger partial charge >= 0.3 is 6.03 Å². The first kappa shape index (κ1) is 21.0. The summed E-state index contributed by atoms with van der Waals surface area (Å²) in [6.45, 7) is 4.98. The van der Waals surface area contributed by atoms with Gasteiger partial charge in [-0.1, -0.05) is 36.4 Å². The van der Waals surface area contributed by atoms with Crippen molar-refractivity contribution >= 4 is 6.03 Å². The molecule has 1 aliphatic rings. The molecule has 0 saturated carbocycles. The first-order valence-electron chi connectivity index (χ1n) is 10.2. The van der Waals surface area contributed by atoms with Crippen molar-refractivity contribution in [1.29, 1.82) is 0 Å². The van der Waals surface area contributed by atoms with Gasteiger partial charge < -0.3 is 19.7 Å². The molecular formula is C23H31N3O3. The molecule has 1 N–H and O–H groups in total. The maximum absolute atomic E-state index is 12.4. The maximum atomic E-state index is 12.4. The van der Waals surface area contributed by atoms with Crippen LogP contribution in [0.15, 0.2) is 48.5 Å². The average molecular weight is 398 g/mol. The Kier molecular flexibility index (Phi) is 7.76. The molecular weight excluding hydrogens is 366 g/mol. The van der Waals surface area contributed by atoms with Crippen molar-refractivity contribution in [2.75, 3.05) is 53.5 Å². The molecule has 1 fully saturated rings. The number of carbonyl (C=O) groups is 1. The fraction of sp³-hybridized carbons (Fsp3) is 0.435. The normalized spacial score (nSPS) is 14.5. The second-order valence-electron chi connectivity index (χ2n) is 7.24. The third-order valence-corrected chi connectivity index (χ3v) is 5.36. The lowest BCUT2D eigenvalue weighted by atomic mass is 10.1. The van der Waals surface area contributed by atoms with Crippen LogP contribution in [0.3, 0.4) is 0 Å². The molecule has 0 spiro atoms. The van der Waals surface area contributed by atoms with Crippen LogP contribution in [0.4, 0.5) is 4.79 Å². The molecule has 6 nitrogen and oxygen atoms in total. The summed E-state index contributed by atoms with van der Waals surface area (Å²) in [5.74, 6) is 1.52. The molecule has 1 saturated heterocycles. The lowest BCUT2D eigenvalue weighted by Gasteiger charge is -2.34. The molecule has 0 atom stereocenters. The van der Waals surface area contributed by atoms with Crippen molar-refractivity contribution in [3.8, 4) is 11.5 Å². The van der Waals surface area contributed by atoms with E-state index >= 15 is 0 Å². The van der Waals surface area contributed by atoms with Gasteiger partial charge in [0, 0.05) is 39.3 Å². The van der Waals surface area contributed by atoms with Gasteiger partial charge in [0.1, 0.15) is 0 Å². The molecule has 2 aromatic rings. The van der Waals surface area contributed by atoms with E-state index in [1.165, 1.54) is 11.1 Å². The molecule has 0 radical (unpaired) electrons. The Morgan fingerprint density at radius 2 is 1.62 bits per heavy atom. The first-order valence-corrected chi connectivity index (χ1v) is 10.2. The summed E-state index contributed by atoms with van der Waals surface area (Å²) in [5, 5.41) is 3.04. The van der Waals surface area contributed by atoms with E-state index in [1.807, 2.05) is 35.2 Å². The molecule has 156 valence electrons. The van der Waals surface area contributed by atoms with Gasteiger partial charge in [-0.25, -0.2) is 4.79 Å². The molecule has 2 amide bonds. The van der Waals surface area contributed by atoms with Crippen LogP contribution in [0.2, 0.25) is 0 Å². The second kappa shape index (κ2) is 10.7. The third kappa shape index (κ3) is 6.12. The minimum absolute atomic E-state index is 0.0421. The summed E-state index contributed by atoms with van der Waals surface area (Å²) >= 11 is 0. The Morgan fingerprint density at radius 1 is 0.897 bits per heavy atom. The van der Waals surface area contributed by atoms with E-state index in [9.17, 15) is 4.79 Å². The largest absolute Gasteiger partial charge is 0.493 e. The Labute approximate surface area is 173 Å². The van der Waals surface area contributed by atoms with Crippen LogP contribution in [0.1, 0.15) is 11.1 Å². The number of methoxy groups -OCH3 is 2. The summed E-state index contributed by atoms with van der Waals surface area (Å²) in [6, 6.07) is 16.3. The van der Waals surface area contributed by atoms with Crippen LogP contribution in [0, 0.1) is 0 Å². The minimum atomic E-state index is 0.0421. The van der Waals surface area contributed by atoms with Crippen molar-refractivity contribution in [2.24, 2.45) is 0 Å². The molecule has 29 heavy (non-hydrogen) atoms. The van der Waals surface area contributed by atoms with Gasteiger partial charge in [0.25, 0.3) is 0 Å². The molecule has 0 aliphatic carbocycles. The number of piperazine rings is 1. The zero-order chi connectivity index (χ0) is 20.5. The first-order chi connectivity index (χ1) is 14.2. The van der Waals surface area contributed by atoms with Crippen LogP contribution in [0.25, 0.3) is 0 Å². The van der Waals surface area contributed by atoms with E-state index in [-0.39, 0.29) is 6.03 Å². The Balaban J connectivity index is 1.37. The highest BCUT2D eigenvalue weighted by atomic mass is 16.5. The maximum Gasteiger partial charge on any atom is 0.317 e. The van der Waals surface area contributed by atoms with Crippen LogP contribution in [-0.4, -0.2) is 69.3 Å². The summed E-state index contributed by atoms with van der Waals surface area (Å²) in [6.07, 6.45) is 1.81. The standard InChI is InChI=1S/C23H31N3O3/c1-28-21-9-8-20(18-22(21)29-2)11-13-25-14-16-26(17-15-25)23(27)24-12-10-19-6-4-3-5-7-19/h3-9,18H,10-17H2,1-2H3,(H,24,27). The van der Waals surface area contributed by atoms with Crippen molar-refractivity contribution < 1.29 is 14.3 Å². The summed E-state index contributed by atoms with van der Waals surface area (Å²) in [5.41, 5.74) is 2.47. The fourth-order valence-electron chi connectivity index (χ4n) is 3.57. The number of rotatable bonds is 8. The van der Waals surface area contributed by atoms with Gasteiger partial charge in [-0.3, -0.25) is 4.90 Å². The molecule has 1 aliphatic heterocycles. The molecule has 0 bridgehead atoms. The van der Waals surface area contributed by atoms with Crippen molar-refractivity contribution in [1.82, 2.24) is 15.1 Å². The molecule has 6 heteroatoms. The van der Waals surface area contributed by atoms with E-state index in [0.717, 1.165) is 57.1 Å². The predicted octanol–water partition coefficient (Wildman–Crippen LogP) is 2.82. The Bertz CT molecular complexity index is 774. The van der Waals surface area contributed by atoms with E-state index < -0.39 is 0 Å². The predicted molar refractivity (Wildman–Crippen MR) is 115 cm³/mol. The van der Waals surface area contributed by atoms with Crippen molar-refractivity contribution in [2.45, 2.75) is 12.8 Å². The highest BCUT2D eigenvalue weighted by Gasteiger charge is 2.20. The van der Waals surface area contributed by atoms with Crippen molar-refractivity contribution in [3.63, 3.8) is 0 Å². The second-order valence-corrected chi connectivity index (χ2v) is 7.24. The Morgan fingerprint density at radius 3 is 2.31 bits per heavy atom. The number of nitrogens with zero attached hydrogens (tertiary/aromatic N) is 2. The van der Waals surface area contributed by atoms with E-state index in [0.29, 0.717) is 6.54 Å². The highest BCUT2D eigenvalue weighted by Crippen LogP contribution is 2.27. The van der Waals surface area contributed by atoms with E-state index in [1.54, 1.807) is 14.2 Å². The van der Waals surface area contributed by atoms with Gasteiger partial charge in [0.05, 0.1) is 14.2 Å². The quantitative estimate of drug-likeness (QED) is 0.744. The molecule has 2 aromatic carbocycles. The molecule has 3 rings (SSSR count). The number of nitrogens with one attached hydrogen (secondary N) is 1. The zero-order valence-electron chi connectivity index (χ0n) is 17.4. The van der Waals surface area contributed by atoms with Gasteiger partial charge in [0.2, 0.25) is 0 Å². The number of ether oxygens (including phenoxy) is 2. The van der Waals surface area contributed by atoms with Crippen LogP contribution in [0.5, 0.6) is 11.5 Å². The monoisotopic (exact) mass is 397 g/mol. The Hall–Kier alpha value is -2.73. The minimum Gasteiger partial charge on any atom is -0.493 e. The SMILES string of the molecule is COc1ccc(CCN2CCN(C(=O)NCCc3ccccc3)CC2)cc1OC. The fourth-order valence-corrected chi connectivity index (χ4v) is 3.57. The van der Waals surface area contributed by atoms with Crippen LogP contribution < -0.4 is 14.8 Å². The number of benzene rings is 2. The zero-order valence-corrected chi connectivity index (χ0v) is 17.4. The number of carbonyl (C=O) groups excluding carboxylic acids is 1. The lowest BCUT2D eigenvalue weighted by Crippen LogP contribution is -2.52. The average Bonchev–Trinajstić information content (AvgIpc) is 2.78. The van der Waals surface area contributed by atoms with Crippen molar-refractivity contribution in [3.05, 3.63) is 59.7 Å². The number of urea groups is 1. The number of hydrogen-bond acceptors (Lipinski definition) is 4. The number of amides is 2. The third-order valence-electron chi connectivity index (χ3n) is 5.36. The smallest absolute Gasteiger partial charge is 0.317 e. The molecule has 0 aromatic heterocycles. The molecule has 0 unspecified atom stereocenters. The summed E-state index contributed by atoms with van der Waals surface area (Å²) in [4.78, 5) is 16.7. The van der Waals surface area contributed by atoms with Crippen LogP contribution >= 0.6 is 0 Å². The van der Waals surface area contributed by atoms with E-state index in [2.05, 4.69) is 28.4 Å². The van der Waals surface area contributed by atoms with Gasteiger partial charge in [-0.2, -0.15) is 0 Å². The van der Waals surface area contributed by atoms with Gasteiger partial charge in [-0.15, -0.1) is 0 Å². The van der Waals surface area contributed by atoms with E-state index in [4.69, 9.17) is 9.47 Å². The van der Waals surface area contributed by atoms with Crippen LogP contribution in [-0.2, 0) is 12.8 Å². The number of hydrogen-bond donors (Lipinski definition) is 1. The van der Waals surface area contributed by atoms with Gasteiger partial charge in [0.15, 0.2) is 11.5 Å². The summed E-state index contributed by atoms with van der Waals surface area (Å²) in [7, 11) is 3.31. The summed E-state index contributed by atoms with van der Waals surface area (Å²) < 4.78 is 10.7. The lowest BCUT2D eigenvalue weighted by molar-refractivity contribution is 0.140.